The van der Waals surface area contributed by atoms with Crippen LogP contribution in [0, 0.1) is 17.5 Å². The van der Waals surface area contributed by atoms with Crippen molar-refractivity contribution in [1.82, 2.24) is 4.98 Å². The average Bonchev–Trinajstić information content (AvgIpc) is 2.71. The van der Waals surface area contributed by atoms with Crippen LogP contribution in [0.4, 0.5) is 13.2 Å². The summed E-state index contributed by atoms with van der Waals surface area (Å²) in [6.07, 6.45) is -2.30. The smallest absolute Gasteiger partial charge is 0.181 e. The normalized spacial score (nSPS) is 13.6. The topological polar surface area (TPSA) is 99.6 Å². The Morgan fingerprint density at radius 2 is 1.69 bits per heavy atom. The molecule has 2 aromatic carbocycles. The molecule has 0 spiro atoms. The average molecular weight is 425 g/mol. The van der Waals surface area contributed by atoms with E-state index in [0.717, 1.165) is 12.1 Å². The highest BCUT2D eigenvalue weighted by molar-refractivity contribution is 6.31. The lowest BCUT2D eigenvalue weighted by Crippen LogP contribution is -2.37. The van der Waals surface area contributed by atoms with Crippen molar-refractivity contribution in [2.24, 2.45) is 5.73 Å². The molecule has 29 heavy (non-hydrogen) atoms. The number of rotatable bonds is 5. The molecule has 0 radical (unpaired) electrons. The quantitative estimate of drug-likeness (QED) is 0.373. The number of aliphatic hydroxyl groups is 3. The van der Waals surface area contributed by atoms with Crippen molar-refractivity contribution in [3.63, 3.8) is 0 Å². The van der Waals surface area contributed by atoms with Crippen LogP contribution in [0.25, 0.3) is 11.3 Å². The van der Waals surface area contributed by atoms with Crippen LogP contribution < -0.4 is 5.73 Å². The van der Waals surface area contributed by atoms with Gasteiger partial charge in [0.15, 0.2) is 12.1 Å². The summed E-state index contributed by atoms with van der Waals surface area (Å²) in [5.74, 6) is -3.50. The second-order valence-electron chi connectivity index (χ2n) is 6.31. The lowest BCUT2D eigenvalue weighted by Gasteiger charge is -2.28. The number of aromatic nitrogens is 1. The highest BCUT2D eigenvalue weighted by Crippen LogP contribution is 2.35. The molecule has 0 bridgehead atoms. The Labute approximate surface area is 168 Å². The molecule has 1 aromatic heterocycles. The number of pyridine rings is 1. The van der Waals surface area contributed by atoms with Crippen molar-refractivity contribution in [3.8, 4) is 11.3 Å². The standard InChI is InChI=1S/C20H16ClF3N2O3/c21-13-6-11(14(22)8-15(13)23)18-17(24)12(19(27)28)7-16(26-18)20(29,9-25)10-4-2-1-3-5-10/h1-8,19,27-29H,9,25H2/t20-/m1/s1. The van der Waals surface area contributed by atoms with Crippen molar-refractivity contribution in [1.29, 1.82) is 0 Å². The van der Waals surface area contributed by atoms with Gasteiger partial charge in [0.05, 0.1) is 10.7 Å². The molecule has 0 saturated carbocycles. The molecular weight excluding hydrogens is 409 g/mol. The molecule has 5 nitrogen and oxygen atoms in total. The van der Waals surface area contributed by atoms with Gasteiger partial charge < -0.3 is 21.1 Å². The van der Waals surface area contributed by atoms with Gasteiger partial charge in [-0.1, -0.05) is 41.9 Å². The predicted octanol–water partition coefficient (Wildman–Crippen LogP) is 3.00. The maximum absolute atomic E-state index is 14.9. The first-order valence-electron chi connectivity index (χ1n) is 8.39. The van der Waals surface area contributed by atoms with E-state index in [1.807, 2.05) is 0 Å². The van der Waals surface area contributed by atoms with E-state index in [1.165, 1.54) is 0 Å². The highest BCUT2D eigenvalue weighted by atomic mass is 35.5. The Hall–Kier alpha value is -2.49. The molecule has 0 aliphatic carbocycles. The van der Waals surface area contributed by atoms with E-state index in [-0.39, 0.29) is 5.69 Å². The van der Waals surface area contributed by atoms with E-state index >= 15 is 0 Å². The zero-order chi connectivity index (χ0) is 21.3. The number of nitrogens with two attached hydrogens (primary N) is 1. The summed E-state index contributed by atoms with van der Waals surface area (Å²) in [6, 6.07) is 10.2. The monoisotopic (exact) mass is 424 g/mol. The van der Waals surface area contributed by atoms with Crippen molar-refractivity contribution < 1.29 is 28.5 Å². The van der Waals surface area contributed by atoms with Gasteiger partial charge in [-0.3, -0.25) is 0 Å². The fourth-order valence-corrected chi connectivity index (χ4v) is 3.08. The third kappa shape index (κ3) is 3.85. The highest BCUT2D eigenvalue weighted by Gasteiger charge is 2.34. The molecule has 9 heteroatoms. The first-order chi connectivity index (χ1) is 13.7. The van der Waals surface area contributed by atoms with Crippen LogP contribution >= 0.6 is 11.6 Å². The Bertz CT molecular complexity index is 1050. The summed E-state index contributed by atoms with van der Waals surface area (Å²) in [5.41, 5.74) is 1.95. The molecule has 0 unspecified atom stereocenters. The number of hydrogen-bond acceptors (Lipinski definition) is 5. The van der Waals surface area contributed by atoms with Gasteiger partial charge in [0.25, 0.3) is 0 Å². The second-order valence-corrected chi connectivity index (χ2v) is 6.72. The minimum absolute atomic E-state index is 0.259. The molecule has 1 atom stereocenters. The molecule has 152 valence electrons. The van der Waals surface area contributed by atoms with Gasteiger partial charge in [0, 0.05) is 23.7 Å². The van der Waals surface area contributed by atoms with E-state index in [2.05, 4.69) is 4.98 Å². The van der Waals surface area contributed by atoms with Gasteiger partial charge in [-0.05, 0) is 17.7 Å². The van der Waals surface area contributed by atoms with Crippen LogP contribution in [-0.2, 0) is 5.60 Å². The van der Waals surface area contributed by atoms with Crippen molar-refractivity contribution in [2.75, 3.05) is 6.54 Å². The summed E-state index contributed by atoms with van der Waals surface area (Å²) in [4.78, 5) is 3.99. The number of benzene rings is 2. The third-order valence-corrected chi connectivity index (χ3v) is 4.79. The van der Waals surface area contributed by atoms with E-state index < -0.39 is 57.7 Å². The maximum atomic E-state index is 14.9. The molecule has 0 amide bonds. The van der Waals surface area contributed by atoms with Gasteiger partial charge in [-0.2, -0.15) is 0 Å². The minimum Gasteiger partial charge on any atom is -0.377 e. The first kappa shape index (κ1) is 21.2. The molecule has 3 rings (SSSR count). The predicted molar refractivity (Wildman–Crippen MR) is 100 cm³/mol. The number of nitrogens with zero attached hydrogens (tertiary/aromatic N) is 1. The zero-order valence-corrected chi connectivity index (χ0v) is 15.5. The number of hydrogen-bond donors (Lipinski definition) is 4. The lowest BCUT2D eigenvalue weighted by atomic mass is 9.88. The Morgan fingerprint density at radius 1 is 1.03 bits per heavy atom. The van der Waals surface area contributed by atoms with Crippen molar-refractivity contribution in [2.45, 2.75) is 11.9 Å². The fraction of sp³-hybridized carbons (Fsp3) is 0.150. The Morgan fingerprint density at radius 3 is 2.28 bits per heavy atom. The van der Waals surface area contributed by atoms with Crippen LogP contribution in [0.3, 0.4) is 0 Å². The van der Waals surface area contributed by atoms with Crippen LogP contribution in [0.5, 0.6) is 0 Å². The van der Waals surface area contributed by atoms with Crippen LogP contribution in [-0.4, -0.2) is 26.8 Å². The van der Waals surface area contributed by atoms with Gasteiger partial charge >= 0.3 is 0 Å². The van der Waals surface area contributed by atoms with Gasteiger partial charge in [0.2, 0.25) is 0 Å². The van der Waals surface area contributed by atoms with E-state index in [4.69, 9.17) is 17.3 Å². The summed E-state index contributed by atoms with van der Waals surface area (Å²) >= 11 is 5.68. The zero-order valence-electron chi connectivity index (χ0n) is 14.8. The maximum Gasteiger partial charge on any atom is 0.181 e. The minimum atomic E-state index is -2.30. The largest absolute Gasteiger partial charge is 0.377 e. The van der Waals surface area contributed by atoms with E-state index in [1.54, 1.807) is 30.3 Å². The van der Waals surface area contributed by atoms with Gasteiger partial charge in [-0.15, -0.1) is 0 Å². The number of aliphatic hydroxyl groups excluding tert-OH is 1. The van der Waals surface area contributed by atoms with Gasteiger partial charge in [-0.25, -0.2) is 18.2 Å². The molecule has 0 aliphatic rings. The van der Waals surface area contributed by atoms with Crippen molar-refractivity contribution in [3.05, 3.63) is 87.8 Å². The van der Waals surface area contributed by atoms with E-state index in [0.29, 0.717) is 11.6 Å². The summed E-state index contributed by atoms with van der Waals surface area (Å²) in [5, 5.41) is 29.8. The van der Waals surface area contributed by atoms with E-state index in [9.17, 15) is 28.5 Å². The Kier molecular flexibility index (Phi) is 5.92. The molecule has 5 N–H and O–H groups in total. The molecule has 0 aliphatic heterocycles. The summed E-state index contributed by atoms with van der Waals surface area (Å²) in [7, 11) is 0. The summed E-state index contributed by atoms with van der Waals surface area (Å²) in [6.45, 7) is -0.400. The van der Waals surface area contributed by atoms with Crippen LogP contribution in [0.1, 0.15) is 23.1 Å². The number of halogens is 4. The molecule has 0 saturated heterocycles. The first-order valence-corrected chi connectivity index (χ1v) is 8.76. The fourth-order valence-electron chi connectivity index (χ4n) is 2.92. The second kappa shape index (κ2) is 8.10. The van der Waals surface area contributed by atoms with Crippen LogP contribution in [0.15, 0.2) is 48.5 Å². The molecule has 1 heterocycles. The van der Waals surface area contributed by atoms with Crippen LogP contribution in [0.2, 0.25) is 5.02 Å². The third-order valence-electron chi connectivity index (χ3n) is 4.50. The summed E-state index contributed by atoms with van der Waals surface area (Å²) < 4.78 is 42.7. The lowest BCUT2D eigenvalue weighted by molar-refractivity contribution is -0.0452. The SMILES string of the molecule is NC[C@@](O)(c1ccccc1)c1cc(C(O)O)c(F)c(-c2cc(Cl)c(F)cc2F)n1. The van der Waals surface area contributed by atoms with Crippen molar-refractivity contribution >= 4 is 11.6 Å². The Balaban J connectivity index is 2.32. The molecule has 3 aromatic rings. The van der Waals surface area contributed by atoms with Gasteiger partial charge in [0.1, 0.15) is 22.9 Å². The molecular formula is C20H16ClF3N2O3. The molecule has 0 fully saturated rings.